The van der Waals surface area contributed by atoms with E-state index in [1.54, 1.807) is 0 Å². The molecule has 5 nitrogen and oxygen atoms in total. The zero-order chi connectivity index (χ0) is 14.7. The largest absolute Gasteiger partial charge is 0.396 e. The summed E-state index contributed by atoms with van der Waals surface area (Å²) < 4.78 is 10.8. The highest BCUT2D eigenvalue weighted by Crippen LogP contribution is 2.23. The van der Waals surface area contributed by atoms with E-state index in [2.05, 4.69) is 5.09 Å². The van der Waals surface area contributed by atoms with Gasteiger partial charge in [-0.1, -0.05) is 30.3 Å². The minimum absolute atomic E-state index is 0.117. The van der Waals surface area contributed by atoms with Crippen LogP contribution in [0.5, 0.6) is 0 Å². The number of nitrogens with one attached hydrogen (secondary N) is 1. The SMILES string of the molecule is CPOCC(CO)(CO)COPNCc1ccccc1. The standard InChI is InChI=1S/C13H23NO4P2/c1-19-17-10-13(8-15,9-16)11-18-20-14-7-12-5-3-2-4-6-12/h2-6,14-16,19-20H,7-11H2,1H3. The normalized spacial score (nSPS) is 12.9. The van der Waals surface area contributed by atoms with Crippen LogP contribution in [0.4, 0.5) is 0 Å². The van der Waals surface area contributed by atoms with Gasteiger partial charge in [-0.2, -0.15) is 0 Å². The lowest BCUT2D eigenvalue weighted by atomic mass is 9.93. The molecule has 0 bridgehead atoms. The van der Waals surface area contributed by atoms with Crippen LogP contribution in [0.15, 0.2) is 30.3 Å². The predicted molar refractivity (Wildman–Crippen MR) is 84.3 cm³/mol. The van der Waals surface area contributed by atoms with Gasteiger partial charge in [-0.15, -0.1) is 0 Å². The predicted octanol–water partition coefficient (Wildman–Crippen LogP) is 1.51. The molecule has 7 heteroatoms. The van der Waals surface area contributed by atoms with Gasteiger partial charge >= 0.3 is 0 Å². The molecule has 0 aliphatic heterocycles. The van der Waals surface area contributed by atoms with E-state index in [9.17, 15) is 10.2 Å². The zero-order valence-corrected chi connectivity index (χ0v) is 13.6. The topological polar surface area (TPSA) is 71.0 Å². The first-order valence-electron chi connectivity index (χ1n) is 6.40. The second-order valence-electron chi connectivity index (χ2n) is 4.54. The van der Waals surface area contributed by atoms with Crippen LogP contribution < -0.4 is 5.09 Å². The maximum absolute atomic E-state index is 9.40. The van der Waals surface area contributed by atoms with Crippen LogP contribution in [0.25, 0.3) is 0 Å². The molecule has 114 valence electrons. The molecule has 0 amide bonds. The van der Waals surface area contributed by atoms with E-state index < -0.39 is 5.41 Å². The van der Waals surface area contributed by atoms with E-state index in [4.69, 9.17) is 9.05 Å². The summed E-state index contributed by atoms with van der Waals surface area (Å²) in [6.07, 6.45) is 0. The van der Waals surface area contributed by atoms with Crippen molar-refractivity contribution in [2.24, 2.45) is 5.41 Å². The van der Waals surface area contributed by atoms with Gasteiger partial charge in [0, 0.05) is 15.4 Å². The summed E-state index contributed by atoms with van der Waals surface area (Å²) in [4.78, 5) is 0. The van der Waals surface area contributed by atoms with Gasteiger partial charge in [0.15, 0.2) is 0 Å². The van der Waals surface area contributed by atoms with Crippen LogP contribution in [0.2, 0.25) is 0 Å². The molecule has 0 fully saturated rings. The second kappa shape index (κ2) is 10.6. The molecule has 1 aromatic carbocycles. The lowest BCUT2D eigenvalue weighted by Crippen LogP contribution is -2.38. The Hall–Kier alpha value is -0.120. The molecule has 0 aliphatic carbocycles. The monoisotopic (exact) mass is 319 g/mol. The van der Waals surface area contributed by atoms with Crippen molar-refractivity contribution in [2.45, 2.75) is 6.54 Å². The number of aliphatic hydroxyl groups is 2. The third-order valence-corrected chi connectivity index (χ3v) is 3.89. The molecule has 0 radical (unpaired) electrons. The highest BCUT2D eigenvalue weighted by molar-refractivity contribution is 7.31. The van der Waals surface area contributed by atoms with Gasteiger partial charge in [-0.05, 0) is 12.2 Å². The van der Waals surface area contributed by atoms with E-state index >= 15 is 0 Å². The zero-order valence-electron chi connectivity index (χ0n) is 11.6. The molecule has 0 aliphatic rings. The van der Waals surface area contributed by atoms with Crippen molar-refractivity contribution in [3.8, 4) is 0 Å². The number of hydrogen-bond donors (Lipinski definition) is 3. The Balaban J connectivity index is 2.23. The lowest BCUT2D eigenvalue weighted by molar-refractivity contribution is -0.0117. The Morgan fingerprint density at radius 1 is 1.10 bits per heavy atom. The first-order valence-corrected chi connectivity index (χ1v) is 8.72. The summed E-state index contributed by atoms with van der Waals surface area (Å²) in [6, 6.07) is 10.0. The highest BCUT2D eigenvalue weighted by atomic mass is 31.1. The molecule has 3 N–H and O–H groups in total. The van der Waals surface area contributed by atoms with Crippen molar-refractivity contribution in [1.29, 1.82) is 0 Å². The molecule has 0 saturated carbocycles. The average Bonchev–Trinajstić information content (AvgIpc) is 2.51. The molecular formula is C13H23NO4P2. The van der Waals surface area contributed by atoms with Crippen molar-refractivity contribution in [3.63, 3.8) is 0 Å². The summed E-state index contributed by atoms with van der Waals surface area (Å²) in [6.45, 7) is 2.90. The third kappa shape index (κ3) is 6.55. The van der Waals surface area contributed by atoms with Crippen molar-refractivity contribution in [2.75, 3.05) is 33.1 Å². The molecule has 0 heterocycles. The lowest BCUT2D eigenvalue weighted by Gasteiger charge is -2.28. The Morgan fingerprint density at radius 2 is 1.75 bits per heavy atom. The fraction of sp³-hybridized carbons (Fsp3) is 0.538. The molecule has 0 saturated heterocycles. The highest BCUT2D eigenvalue weighted by Gasteiger charge is 2.29. The van der Waals surface area contributed by atoms with Crippen LogP contribution >= 0.6 is 17.8 Å². The van der Waals surface area contributed by atoms with Crippen molar-refractivity contribution >= 4 is 17.8 Å². The minimum Gasteiger partial charge on any atom is -0.396 e. The van der Waals surface area contributed by atoms with Crippen molar-refractivity contribution < 1.29 is 19.3 Å². The Bertz CT molecular complexity index is 349. The van der Waals surface area contributed by atoms with Crippen LogP contribution in [0.3, 0.4) is 0 Å². The maximum atomic E-state index is 9.40. The first kappa shape index (κ1) is 17.9. The molecule has 2 unspecified atom stereocenters. The summed E-state index contributed by atoms with van der Waals surface area (Å²) in [5.74, 6) is 0. The van der Waals surface area contributed by atoms with E-state index in [1.165, 1.54) is 5.56 Å². The Morgan fingerprint density at radius 3 is 2.35 bits per heavy atom. The van der Waals surface area contributed by atoms with Crippen LogP contribution in [-0.4, -0.2) is 43.3 Å². The smallest absolute Gasteiger partial charge is 0.0864 e. The fourth-order valence-electron chi connectivity index (χ4n) is 1.47. The molecule has 1 rings (SSSR count). The third-order valence-electron chi connectivity index (χ3n) is 2.85. The summed E-state index contributed by atoms with van der Waals surface area (Å²) in [5.41, 5.74) is 0.472. The second-order valence-corrected chi connectivity index (χ2v) is 6.08. The van der Waals surface area contributed by atoms with Gasteiger partial charge in [0.1, 0.15) is 0 Å². The number of aliphatic hydroxyl groups excluding tert-OH is 2. The number of benzene rings is 1. The summed E-state index contributed by atoms with van der Waals surface area (Å²) in [7, 11) is 0.450. The van der Waals surface area contributed by atoms with Crippen molar-refractivity contribution in [3.05, 3.63) is 35.9 Å². The quantitative estimate of drug-likeness (QED) is 0.426. The minimum atomic E-state index is -0.718. The fourth-order valence-corrected chi connectivity index (χ4v) is 2.68. The van der Waals surface area contributed by atoms with Crippen LogP contribution in [0, 0.1) is 5.41 Å². The molecule has 2 atom stereocenters. The molecular weight excluding hydrogens is 296 g/mol. The van der Waals surface area contributed by atoms with E-state index in [1.807, 2.05) is 37.0 Å². The maximum Gasteiger partial charge on any atom is 0.0864 e. The first-order chi connectivity index (χ1) is 9.76. The summed E-state index contributed by atoms with van der Waals surface area (Å²) >= 11 is 0. The van der Waals surface area contributed by atoms with Crippen molar-refractivity contribution in [1.82, 2.24) is 5.09 Å². The van der Waals surface area contributed by atoms with Crippen LogP contribution in [0.1, 0.15) is 5.56 Å². The van der Waals surface area contributed by atoms with Gasteiger partial charge < -0.3 is 19.3 Å². The van der Waals surface area contributed by atoms with E-state index in [0.29, 0.717) is 15.4 Å². The van der Waals surface area contributed by atoms with E-state index in [-0.39, 0.29) is 28.8 Å². The van der Waals surface area contributed by atoms with E-state index in [0.717, 1.165) is 6.54 Å². The van der Waals surface area contributed by atoms with Crippen LogP contribution in [-0.2, 0) is 15.6 Å². The van der Waals surface area contributed by atoms with Gasteiger partial charge in [0.05, 0.1) is 40.8 Å². The molecule has 20 heavy (non-hydrogen) atoms. The molecule has 1 aromatic rings. The molecule has 0 aromatic heterocycles. The van der Waals surface area contributed by atoms with Gasteiger partial charge in [0.25, 0.3) is 0 Å². The van der Waals surface area contributed by atoms with Gasteiger partial charge in [-0.3, -0.25) is 5.09 Å². The average molecular weight is 319 g/mol. The Kier molecular flexibility index (Phi) is 9.49. The molecule has 0 spiro atoms. The Labute approximate surface area is 123 Å². The summed E-state index contributed by atoms with van der Waals surface area (Å²) in [5, 5.41) is 22.0. The van der Waals surface area contributed by atoms with Gasteiger partial charge in [-0.25, -0.2) is 0 Å². The number of hydrogen-bond acceptors (Lipinski definition) is 5. The number of rotatable bonds is 11. The van der Waals surface area contributed by atoms with Gasteiger partial charge in [0.2, 0.25) is 0 Å².